The van der Waals surface area contributed by atoms with Crippen molar-refractivity contribution in [1.82, 2.24) is 5.32 Å². The zero-order valence-electron chi connectivity index (χ0n) is 20.2. The number of carbonyl (C=O) groups is 2. The Balaban J connectivity index is 0.000000234. The molecule has 0 amide bonds. The first kappa shape index (κ1) is 26.3. The molecule has 0 fully saturated rings. The van der Waals surface area contributed by atoms with E-state index in [-0.39, 0.29) is 23.5 Å². The lowest BCUT2D eigenvalue weighted by Gasteiger charge is -2.27. The van der Waals surface area contributed by atoms with E-state index >= 15 is 0 Å². The maximum absolute atomic E-state index is 13.3. The second-order valence-electron chi connectivity index (χ2n) is 8.93. The molecule has 1 aliphatic rings. The van der Waals surface area contributed by atoms with E-state index < -0.39 is 5.97 Å². The number of nitrogens with zero attached hydrogens (tertiary/aromatic N) is 1. The van der Waals surface area contributed by atoms with Crippen LogP contribution in [0.4, 0.5) is 10.1 Å². The van der Waals surface area contributed by atoms with E-state index in [0.29, 0.717) is 18.9 Å². The topological polar surface area (TPSA) is 78.9 Å². The van der Waals surface area contributed by atoms with Crippen LogP contribution >= 0.6 is 0 Å². The van der Waals surface area contributed by atoms with Gasteiger partial charge in [0.2, 0.25) is 0 Å². The zero-order chi connectivity index (χ0) is 24.6. The van der Waals surface area contributed by atoms with Crippen LogP contribution in [0.15, 0.2) is 36.4 Å². The van der Waals surface area contributed by atoms with Gasteiger partial charge in [-0.05, 0) is 56.5 Å². The Labute approximate surface area is 195 Å². The molecule has 0 aliphatic carbocycles. The fraction of sp³-hybridized carbons (Fsp3) is 0.462. The number of likely N-dealkylation sites (N-methyl/N-ethyl adjacent to an activating group) is 1. The lowest BCUT2D eigenvalue weighted by molar-refractivity contribution is -0.137. The average Bonchev–Trinajstić information content (AvgIpc) is 3.07. The lowest BCUT2D eigenvalue weighted by atomic mass is 9.94. The van der Waals surface area contributed by atoms with Crippen LogP contribution in [-0.4, -0.2) is 44.6 Å². The minimum absolute atomic E-state index is 0.229. The highest BCUT2D eigenvalue weighted by Crippen LogP contribution is 2.38. The molecule has 7 heteroatoms. The molecule has 33 heavy (non-hydrogen) atoms. The normalized spacial score (nSPS) is 14.8. The molecule has 0 bridgehead atoms. The Morgan fingerprint density at radius 2 is 2.03 bits per heavy atom. The number of carboxylic acids is 1. The van der Waals surface area contributed by atoms with Gasteiger partial charge in [0.1, 0.15) is 6.29 Å². The molecule has 1 unspecified atom stereocenters. The third-order valence-corrected chi connectivity index (χ3v) is 5.94. The molecule has 0 saturated carbocycles. The lowest BCUT2D eigenvalue weighted by Crippen LogP contribution is -2.37. The van der Waals surface area contributed by atoms with Gasteiger partial charge in [0.15, 0.2) is 11.6 Å². The zero-order valence-corrected chi connectivity index (χ0v) is 20.2. The first-order valence-corrected chi connectivity index (χ1v) is 11.1. The van der Waals surface area contributed by atoms with Gasteiger partial charge in [-0.3, -0.25) is 4.79 Å². The van der Waals surface area contributed by atoms with Crippen molar-refractivity contribution < 1.29 is 23.8 Å². The molecule has 0 spiro atoms. The van der Waals surface area contributed by atoms with E-state index in [1.165, 1.54) is 30.0 Å². The number of anilines is 1. The smallest absolute Gasteiger partial charge is 0.303 e. The van der Waals surface area contributed by atoms with Crippen molar-refractivity contribution in [1.29, 1.82) is 0 Å². The number of hydrogen-bond acceptors (Lipinski definition) is 5. The molecule has 1 aliphatic heterocycles. The number of benzene rings is 2. The number of rotatable bonds is 9. The molecule has 2 aromatic carbocycles. The predicted octanol–water partition coefficient (Wildman–Crippen LogP) is 4.64. The van der Waals surface area contributed by atoms with Gasteiger partial charge in [0.05, 0.1) is 7.11 Å². The van der Waals surface area contributed by atoms with Crippen LogP contribution in [0.5, 0.6) is 5.75 Å². The summed E-state index contributed by atoms with van der Waals surface area (Å²) in [7, 11) is 3.50. The summed E-state index contributed by atoms with van der Waals surface area (Å²) in [6.45, 7) is 7.56. The number of aryl methyl sites for hydroxylation is 1. The minimum atomic E-state index is -0.705. The van der Waals surface area contributed by atoms with Crippen molar-refractivity contribution in [3.8, 4) is 5.75 Å². The number of hydrogen-bond donors (Lipinski definition) is 2. The Kier molecular flexibility index (Phi) is 9.41. The number of halogens is 1. The van der Waals surface area contributed by atoms with Gasteiger partial charge in [-0.15, -0.1) is 0 Å². The summed E-state index contributed by atoms with van der Waals surface area (Å²) in [5, 5.41) is 12.0. The van der Waals surface area contributed by atoms with E-state index in [9.17, 15) is 14.0 Å². The number of methoxy groups -OCH3 is 1. The van der Waals surface area contributed by atoms with Crippen molar-refractivity contribution in [3.05, 3.63) is 58.9 Å². The highest BCUT2D eigenvalue weighted by atomic mass is 19.1. The maximum atomic E-state index is 13.3. The van der Waals surface area contributed by atoms with Crippen molar-refractivity contribution in [2.75, 3.05) is 32.1 Å². The standard InChI is InChI=1S/C13H18FNO2.C13H17NO2/c1-13(2,15-7-4-8-16)10-5-6-11(14)12(9-10)17-3;1-9-3-5-12-11(7-9)10(8-14(12)2)4-6-13(15)16/h5-6,8-9,15H,4,7H2,1-3H3;3,5,7,10H,4,6,8H2,1-2H3,(H,15,16). The molecule has 1 atom stereocenters. The van der Waals surface area contributed by atoms with Gasteiger partial charge in [-0.25, -0.2) is 4.39 Å². The summed E-state index contributed by atoms with van der Waals surface area (Å²) in [6.07, 6.45) is 2.32. The Morgan fingerprint density at radius 1 is 1.30 bits per heavy atom. The van der Waals surface area contributed by atoms with Crippen molar-refractivity contribution in [2.24, 2.45) is 0 Å². The molecular formula is C26H35FN2O4. The largest absolute Gasteiger partial charge is 0.494 e. The molecule has 0 radical (unpaired) electrons. The summed E-state index contributed by atoms with van der Waals surface area (Å²) in [5.41, 5.74) is 4.39. The number of ether oxygens (including phenoxy) is 1. The average molecular weight is 459 g/mol. The first-order valence-electron chi connectivity index (χ1n) is 11.1. The van der Waals surface area contributed by atoms with Gasteiger partial charge in [0.25, 0.3) is 0 Å². The number of aliphatic carboxylic acids is 1. The molecule has 3 rings (SSSR count). The third-order valence-electron chi connectivity index (χ3n) is 5.94. The quantitative estimate of drug-likeness (QED) is 0.421. The van der Waals surface area contributed by atoms with E-state index in [1.807, 2.05) is 13.8 Å². The SMILES string of the molecule is COc1cc(C(C)(C)NCCC=O)ccc1F.Cc1ccc2c(c1)C(CCC(=O)O)CN2C. The molecule has 6 nitrogen and oxygen atoms in total. The van der Waals surface area contributed by atoms with Crippen LogP contribution in [0, 0.1) is 12.7 Å². The van der Waals surface area contributed by atoms with Crippen LogP contribution in [-0.2, 0) is 15.1 Å². The molecular weight excluding hydrogens is 423 g/mol. The van der Waals surface area contributed by atoms with Crippen LogP contribution in [0.1, 0.15) is 55.7 Å². The monoisotopic (exact) mass is 458 g/mol. The van der Waals surface area contributed by atoms with Crippen molar-refractivity contribution in [3.63, 3.8) is 0 Å². The predicted molar refractivity (Wildman–Crippen MR) is 129 cm³/mol. The molecule has 2 aromatic rings. The van der Waals surface area contributed by atoms with Crippen molar-refractivity contribution in [2.45, 2.75) is 51.5 Å². The number of carboxylic acid groups (broad SMARTS) is 1. The Hall–Kier alpha value is -2.93. The number of nitrogens with one attached hydrogen (secondary N) is 1. The highest BCUT2D eigenvalue weighted by molar-refractivity contribution is 5.67. The van der Waals surface area contributed by atoms with Crippen LogP contribution in [0.2, 0.25) is 0 Å². The summed E-state index contributed by atoms with van der Waals surface area (Å²) in [5.74, 6) is -0.479. The molecule has 180 valence electrons. The number of fused-ring (bicyclic) bond motifs is 1. The van der Waals surface area contributed by atoms with Crippen LogP contribution in [0.25, 0.3) is 0 Å². The Bertz CT molecular complexity index is 961. The molecule has 2 N–H and O–H groups in total. The third kappa shape index (κ3) is 7.29. The summed E-state index contributed by atoms with van der Waals surface area (Å²) in [6, 6.07) is 11.2. The van der Waals surface area contributed by atoms with E-state index in [0.717, 1.165) is 24.8 Å². The summed E-state index contributed by atoms with van der Waals surface area (Å²) < 4.78 is 18.2. The van der Waals surface area contributed by atoms with Gasteiger partial charge < -0.3 is 24.9 Å². The number of carbonyl (C=O) groups excluding carboxylic acids is 1. The fourth-order valence-electron chi connectivity index (χ4n) is 4.01. The second kappa shape index (κ2) is 11.8. The summed E-state index contributed by atoms with van der Waals surface area (Å²) in [4.78, 5) is 23.1. The molecule has 0 saturated heterocycles. The van der Waals surface area contributed by atoms with E-state index in [4.69, 9.17) is 9.84 Å². The highest BCUT2D eigenvalue weighted by Gasteiger charge is 2.26. The number of aldehydes is 1. The van der Waals surface area contributed by atoms with Gasteiger partial charge in [-0.1, -0.05) is 23.8 Å². The molecule has 0 aromatic heterocycles. The maximum Gasteiger partial charge on any atom is 0.303 e. The summed E-state index contributed by atoms with van der Waals surface area (Å²) >= 11 is 0. The van der Waals surface area contributed by atoms with Gasteiger partial charge >= 0.3 is 5.97 Å². The second-order valence-corrected chi connectivity index (χ2v) is 8.93. The van der Waals surface area contributed by atoms with Crippen molar-refractivity contribution >= 4 is 17.9 Å². The van der Waals surface area contributed by atoms with Gasteiger partial charge in [0, 0.05) is 50.1 Å². The Morgan fingerprint density at radius 3 is 2.67 bits per heavy atom. The van der Waals surface area contributed by atoms with Crippen LogP contribution in [0.3, 0.4) is 0 Å². The fourth-order valence-corrected chi connectivity index (χ4v) is 4.01. The van der Waals surface area contributed by atoms with E-state index in [1.54, 1.807) is 12.1 Å². The molecule has 1 heterocycles. The van der Waals surface area contributed by atoms with Gasteiger partial charge in [-0.2, -0.15) is 0 Å². The van der Waals surface area contributed by atoms with E-state index in [2.05, 4.69) is 42.4 Å². The first-order chi connectivity index (χ1) is 15.6. The minimum Gasteiger partial charge on any atom is -0.494 e. The van der Waals surface area contributed by atoms with Crippen LogP contribution < -0.4 is 15.0 Å².